The van der Waals surface area contributed by atoms with Crippen molar-refractivity contribution in [3.8, 4) is 5.75 Å². The van der Waals surface area contributed by atoms with Gasteiger partial charge in [-0.2, -0.15) is 0 Å². The minimum Gasteiger partial charge on any atom is -0.480 e. The number of fused-ring (bicyclic) bond motifs is 1. The van der Waals surface area contributed by atoms with Gasteiger partial charge in [0.15, 0.2) is 5.75 Å². The number of para-hydroxylation sites is 1. The summed E-state index contributed by atoms with van der Waals surface area (Å²) >= 11 is 15.7. The van der Waals surface area contributed by atoms with Crippen LogP contribution in [0.1, 0.15) is 11.7 Å². The molecule has 2 aromatic rings. The summed E-state index contributed by atoms with van der Waals surface area (Å²) in [5.41, 5.74) is 1.87. The largest absolute Gasteiger partial charge is 0.480 e. The van der Waals surface area contributed by atoms with Gasteiger partial charge in [-0.1, -0.05) is 29.3 Å². The van der Waals surface area contributed by atoms with E-state index in [4.69, 9.17) is 27.9 Å². The van der Waals surface area contributed by atoms with Crippen LogP contribution in [0, 0.1) is 0 Å². The second kappa shape index (κ2) is 5.23. The second-order valence-corrected chi connectivity index (χ2v) is 5.97. The maximum atomic E-state index is 6.22. The molecule has 0 saturated carbocycles. The minimum atomic E-state index is -0.155. The van der Waals surface area contributed by atoms with Crippen LogP contribution in [0.25, 0.3) is 0 Å². The van der Waals surface area contributed by atoms with E-state index in [-0.39, 0.29) is 6.10 Å². The number of anilines is 1. The fourth-order valence-electron chi connectivity index (χ4n) is 2.09. The van der Waals surface area contributed by atoms with Crippen molar-refractivity contribution in [2.45, 2.75) is 6.10 Å². The summed E-state index contributed by atoms with van der Waals surface area (Å²) in [6, 6.07) is 11.3. The lowest BCUT2D eigenvalue weighted by atomic mass is 10.1. The molecule has 2 nitrogen and oxygen atoms in total. The minimum absolute atomic E-state index is 0.155. The van der Waals surface area contributed by atoms with Crippen molar-refractivity contribution in [3.05, 3.63) is 56.5 Å². The number of hydrogen-bond acceptors (Lipinski definition) is 2. The molecule has 1 N–H and O–H groups in total. The fourth-order valence-corrected chi connectivity index (χ4v) is 2.97. The van der Waals surface area contributed by atoms with E-state index in [9.17, 15) is 0 Å². The van der Waals surface area contributed by atoms with Gasteiger partial charge in [0.1, 0.15) is 6.10 Å². The predicted molar refractivity (Wildman–Crippen MR) is 82.5 cm³/mol. The average Bonchev–Trinajstić information content (AvgIpc) is 2.42. The summed E-state index contributed by atoms with van der Waals surface area (Å²) in [6.07, 6.45) is -0.155. The Balaban J connectivity index is 1.97. The van der Waals surface area contributed by atoms with Crippen molar-refractivity contribution in [2.75, 3.05) is 11.9 Å². The molecule has 0 amide bonds. The molecule has 0 bridgehead atoms. The highest BCUT2D eigenvalue weighted by atomic mass is 79.9. The zero-order valence-corrected chi connectivity index (χ0v) is 12.9. The first-order valence-electron chi connectivity index (χ1n) is 5.79. The molecule has 1 unspecified atom stereocenters. The monoisotopic (exact) mass is 357 g/mol. The molecule has 0 radical (unpaired) electrons. The molecule has 3 rings (SSSR count). The van der Waals surface area contributed by atoms with Gasteiger partial charge < -0.3 is 10.1 Å². The Hall–Kier alpha value is -0.900. The summed E-state index contributed by atoms with van der Waals surface area (Å²) in [6.45, 7) is 0.656. The van der Waals surface area contributed by atoms with Crippen LogP contribution in [0.4, 0.5) is 5.69 Å². The molecule has 19 heavy (non-hydrogen) atoms. The molecule has 0 aromatic heterocycles. The topological polar surface area (TPSA) is 21.3 Å². The number of rotatable bonds is 1. The summed E-state index contributed by atoms with van der Waals surface area (Å²) in [7, 11) is 0. The molecule has 5 heteroatoms. The SMILES string of the molecule is Clc1ccc(Cl)c(C2CNc3cccc(Br)c3O2)c1. The summed E-state index contributed by atoms with van der Waals surface area (Å²) in [5.74, 6) is 0.801. The van der Waals surface area contributed by atoms with Crippen LogP contribution in [0.2, 0.25) is 10.0 Å². The van der Waals surface area contributed by atoms with Crippen LogP contribution >= 0.6 is 39.1 Å². The molecule has 1 aliphatic rings. The van der Waals surface area contributed by atoms with Gasteiger partial charge in [-0.3, -0.25) is 0 Å². The van der Waals surface area contributed by atoms with Crippen molar-refractivity contribution in [1.82, 2.24) is 0 Å². The van der Waals surface area contributed by atoms with E-state index in [1.54, 1.807) is 12.1 Å². The average molecular weight is 359 g/mol. The van der Waals surface area contributed by atoms with Gasteiger partial charge >= 0.3 is 0 Å². The maximum absolute atomic E-state index is 6.22. The van der Waals surface area contributed by atoms with Crippen molar-refractivity contribution in [2.24, 2.45) is 0 Å². The third-order valence-electron chi connectivity index (χ3n) is 3.01. The molecule has 0 fully saturated rings. The zero-order chi connectivity index (χ0) is 13.4. The lowest BCUT2D eigenvalue weighted by Crippen LogP contribution is -2.24. The number of nitrogens with one attached hydrogen (secondary N) is 1. The molecule has 1 heterocycles. The highest BCUT2D eigenvalue weighted by molar-refractivity contribution is 9.10. The summed E-state index contributed by atoms with van der Waals surface area (Å²) in [4.78, 5) is 0. The van der Waals surface area contributed by atoms with Gasteiger partial charge in [0.25, 0.3) is 0 Å². The van der Waals surface area contributed by atoms with E-state index in [2.05, 4.69) is 21.2 Å². The van der Waals surface area contributed by atoms with Crippen LogP contribution in [-0.4, -0.2) is 6.54 Å². The van der Waals surface area contributed by atoms with E-state index >= 15 is 0 Å². The van der Waals surface area contributed by atoms with Crippen molar-refractivity contribution in [1.29, 1.82) is 0 Å². The lowest BCUT2D eigenvalue weighted by molar-refractivity contribution is 0.209. The number of benzene rings is 2. The Morgan fingerprint density at radius 2 is 2.05 bits per heavy atom. The van der Waals surface area contributed by atoms with E-state index < -0.39 is 0 Å². The van der Waals surface area contributed by atoms with E-state index in [0.717, 1.165) is 21.5 Å². The quantitative estimate of drug-likeness (QED) is 0.746. The summed E-state index contributed by atoms with van der Waals surface area (Å²) < 4.78 is 6.95. The third kappa shape index (κ3) is 2.55. The normalized spacial score (nSPS) is 17.3. The Morgan fingerprint density at radius 3 is 2.89 bits per heavy atom. The summed E-state index contributed by atoms with van der Waals surface area (Å²) in [5, 5.41) is 4.65. The first kappa shape index (κ1) is 13.1. The Kier molecular flexibility index (Phi) is 3.61. The van der Waals surface area contributed by atoms with Gasteiger partial charge in [0, 0.05) is 15.6 Å². The van der Waals surface area contributed by atoms with Gasteiger partial charge in [0.05, 0.1) is 16.7 Å². The van der Waals surface area contributed by atoms with Crippen LogP contribution in [0.3, 0.4) is 0 Å². The molecule has 98 valence electrons. The number of hydrogen-bond donors (Lipinski definition) is 1. The van der Waals surface area contributed by atoms with E-state index in [1.807, 2.05) is 24.3 Å². The molecule has 0 spiro atoms. The molecular weight excluding hydrogens is 349 g/mol. The van der Waals surface area contributed by atoms with Crippen molar-refractivity contribution >= 4 is 44.8 Å². The molecule has 0 aliphatic carbocycles. The Morgan fingerprint density at radius 1 is 1.21 bits per heavy atom. The second-order valence-electron chi connectivity index (χ2n) is 4.27. The Labute approximate surface area is 129 Å². The van der Waals surface area contributed by atoms with Crippen molar-refractivity contribution in [3.63, 3.8) is 0 Å². The molecule has 1 atom stereocenters. The number of halogens is 3. The van der Waals surface area contributed by atoms with E-state index in [0.29, 0.717) is 16.6 Å². The fraction of sp³-hybridized carbons (Fsp3) is 0.143. The number of ether oxygens (including phenoxy) is 1. The van der Waals surface area contributed by atoms with Gasteiger partial charge in [-0.15, -0.1) is 0 Å². The van der Waals surface area contributed by atoms with Crippen LogP contribution in [0.5, 0.6) is 5.75 Å². The Bertz CT molecular complexity index is 633. The molecule has 0 saturated heterocycles. The lowest BCUT2D eigenvalue weighted by Gasteiger charge is -2.29. The van der Waals surface area contributed by atoms with Gasteiger partial charge in [-0.25, -0.2) is 0 Å². The smallest absolute Gasteiger partial charge is 0.157 e. The van der Waals surface area contributed by atoms with Gasteiger partial charge in [-0.05, 0) is 46.3 Å². The predicted octanol–water partition coefficient (Wildman–Crippen LogP) is 5.30. The standard InChI is InChI=1S/C14H10BrCl2NO/c15-10-2-1-3-12-14(10)19-13(7-18-12)9-6-8(16)4-5-11(9)17/h1-6,13,18H,7H2. The molecular formula is C14H10BrCl2NO. The van der Waals surface area contributed by atoms with E-state index in [1.165, 1.54) is 0 Å². The highest BCUT2D eigenvalue weighted by Crippen LogP contribution is 2.41. The highest BCUT2D eigenvalue weighted by Gasteiger charge is 2.24. The molecule has 1 aliphatic heterocycles. The van der Waals surface area contributed by atoms with Crippen molar-refractivity contribution < 1.29 is 4.74 Å². The van der Waals surface area contributed by atoms with Gasteiger partial charge in [0.2, 0.25) is 0 Å². The third-order valence-corrected chi connectivity index (χ3v) is 4.21. The van der Waals surface area contributed by atoms with Crippen LogP contribution in [-0.2, 0) is 0 Å². The first-order valence-corrected chi connectivity index (χ1v) is 7.34. The molecule has 2 aromatic carbocycles. The maximum Gasteiger partial charge on any atom is 0.157 e. The zero-order valence-electron chi connectivity index (χ0n) is 9.79. The van der Waals surface area contributed by atoms with Crippen LogP contribution in [0.15, 0.2) is 40.9 Å². The van der Waals surface area contributed by atoms with Crippen LogP contribution < -0.4 is 10.1 Å². The first-order chi connectivity index (χ1) is 9.15.